The molecule has 9 N–H and O–H groups in total. The van der Waals surface area contributed by atoms with E-state index in [-0.39, 0.29) is 30.4 Å². The van der Waals surface area contributed by atoms with Crippen LogP contribution in [0.5, 0.6) is 0 Å². The highest BCUT2D eigenvalue weighted by Crippen LogP contribution is 2.27. The van der Waals surface area contributed by atoms with Crippen LogP contribution in [0.4, 0.5) is 0 Å². The zero-order valence-corrected chi connectivity index (χ0v) is 17.4. The number of nitrogens with zero attached hydrogens (tertiary/aromatic N) is 1. The fraction of sp³-hybridized carbons (Fsp3) is 0.789. The number of carbonyl (C=O) groups excluding carboxylic acids is 3. The number of guanidine groups is 1. The van der Waals surface area contributed by atoms with Crippen molar-refractivity contribution in [2.75, 3.05) is 19.6 Å². The van der Waals surface area contributed by atoms with Crippen LogP contribution >= 0.6 is 0 Å². The molecule has 0 heterocycles. The molecule has 0 aromatic carbocycles. The Labute approximate surface area is 172 Å². The first-order valence-corrected chi connectivity index (χ1v) is 10.4. The number of aliphatic imine (C=N–C) groups is 1. The molecule has 0 aliphatic heterocycles. The van der Waals surface area contributed by atoms with Crippen molar-refractivity contribution in [3.8, 4) is 0 Å². The fourth-order valence-corrected chi connectivity index (χ4v) is 3.67. The molecule has 0 radical (unpaired) electrons. The molecule has 29 heavy (non-hydrogen) atoms. The van der Waals surface area contributed by atoms with Crippen molar-refractivity contribution < 1.29 is 14.4 Å². The van der Waals surface area contributed by atoms with E-state index in [0.717, 1.165) is 12.8 Å². The van der Waals surface area contributed by atoms with E-state index >= 15 is 0 Å². The second kappa shape index (κ2) is 13.8. The van der Waals surface area contributed by atoms with Gasteiger partial charge in [-0.1, -0.05) is 32.1 Å². The minimum absolute atomic E-state index is 0.0353. The van der Waals surface area contributed by atoms with Gasteiger partial charge in [0.25, 0.3) is 0 Å². The molecular weight excluding hydrogens is 374 g/mol. The zero-order valence-electron chi connectivity index (χ0n) is 17.4. The number of rotatable bonds is 13. The Morgan fingerprint density at radius 1 is 1.07 bits per heavy atom. The molecule has 10 heteroatoms. The van der Waals surface area contributed by atoms with E-state index in [1.54, 1.807) is 0 Å². The second-order valence-electron chi connectivity index (χ2n) is 7.74. The first kappa shape index (κ1) is 24.7. The Bertz CT molecular complexity index is 558. The highest BCUT2D eigenvalue weighted by atomic mass is 16.2. The monoisotopic (exact) mass is 411 g/mol. The molecule has 1 fully saturated rings. The normalized spacial score (nSPS) is 16.4. The Morgan fingerprint density at radius 2 is 1.76 bits per heavy atom. The number of hydrogen-bond donors (Lipinski definition) is 6. The van der Waals surface area contributed by atoms with Crippen LogP contribution in [-0.4, -0.2) is 55.4 Å². The first-order valence-electron chi connectivity index (χ1n) is 10.4. The van der Waals surface area contributed by atoms with Crippen LogP contribution in [0.15, 0.2) is 4.99 Å². The fourth-order valence-electron chi connectivity index (χ4n) is 3.67. The van der Waals surface area contributed by atoms with Crippen molar-refractivity contribution in [1.82, 2.24) is 16.0 Å². The quantitative estimate of drug-likeness (QED) is 0.129. The number of nitrogens with two attached hydrogens (primary N) is 3. The standard InChI is InChI=1S/C19H37N7O3/c1-13(27)25-15(8-5-9-24-19(21)22)11-23-12-17(28)26-16(18(20)29)10-14-6-3-2-4-7-14/h14-16,23H,2-12H2,1H3,(H2,20,29)(H,25,27)(H,26,28)(H4,21,22,24)/t15-,16-/m0/s1. The van der Waals surface area contributed by atoms with Crippen LogP contribution in [0, 0.1) is 5.92 Å². The average Bonchev–Trinajstić information content (AvgIpc) is 2.64. The molecule has 0 aromatic heterocycles. The lowest BCUT2D eigenvalue weighted by Crippen LogP contribution is -2.49. The lowest BCUT2D eigenvalue weighted by Gasteiger charge is -2.25. The first-order chi connectivity index (χ1) is 13.8. The van der Waals surface area contributed by atoms with E-state index < -0.39 is 11.9 Å². The van der Waals surface area contributed by atoms with E-state index in [2.05, 4.69) is 20.9 Å². The molecule has 166 valence electrons. The van der Waals surface area contributed by atoms with Gasteiger partial charge in [0, 0.05) is 26.1 Å². The van der Waals surface area contributed by atoms with E-state index in [9.17, 15) is 14.4 Å². The summed E-state index contributed by atoms with van der Waals surface area (Å²) < 4.78 is 0. The summed E-state index contributed by atoms with van der Waals surface area (Å²) in [6.45, 7) is 2.37. The molecule has 3 amide bonds. The smallest absolute Gasteiger partial charge is 0.240 e. The maximum absolute atomic E-state index is 12.2. The molecule has 0 aromatic rings. The summed E-state index contributed by atoms with van der Waals surface area (Å²) in [5.74, 6) is -0.465. The number of nitrogens with one attached hydrogen (secondary N) is 3. The summed E-state index contributed by atoms with van der Waals surface area (Å²) in [5.41, 5.74) is 16.1. The van der Waals surface area contributed by atoms with Crippen LogP contribution in [0.2, 0.25) is 0 Å². The molecule has 0 unspecified atom stereocenters. The van der Waals surface area contributed by atoms with Gasteiger partial charge in [0.15, 0.2) is 5.96 Å². The number of carbonyl (C=O) groups is 3. The molecule has 0 saturated heterocycles. The van der Waals surface area contributed by atoms with Crippen molar-refractivity contribution in [3.63, 3.8) is 0 Å². The van der Waals surface area contributed by atoms with E-state index in [1.165, 1.54) is 26.2 Å². The summed E-state index contributed by atoms with van der Waals surface area (Å²) in [7, 11) is 0. The third kappa shape index (κ3) is 11.9. The lowest BCUT2D eigenvalue weighted by atomic mass is 9.84. The molecule has 1 aliphatic carbocycles. The molecule has 1 saturated carbocycles. The Balaban J connectivity index is 2.38. The van der Waals surface area contributed by atoms with E-state index in [1.807, 2.05) is 0 Å². The molecule has 0 bridgehead atoms. The summed E-state index contributed by atoms with van der Waals surface area (Å²) in [6.07, 6.45) is 7.68. The molecule has 10 nitrogen and oxygen atoms in total. The van der Waals surface area contributed by atoms with Gasteiger partial charge in [-0.25, -0.2) is 0 Å². The van der Waals surface area contributed by atoms with Crippen molar-refractivity contribution in [2.24, 2.45) is 28.1 Å². The zero-order chi connectivity index (χ0) is 21.6. The Hall–Kier alpha value is -2.36. The SMILES string of the molecule is CC(=O)N[C@@H](CCCN=C(N)N)CNCC(=O)N[C@@H](CC1CCCCC1)C(N)=O. The largest absolute Gasteiger partial charge is 0.370 e. The Morgan fingerprint density at radius 3 is 2.34 bits per heavy atom. The van der Waals surface area contributed by atoms with Crippen molar-refractivity contribution in [1.29, 1.82) is 0 Å². The van der Waals surface area contributed by atoms with Gasteiger partial charge in [0.1, 0.15) is 6.04 Å². The van der Waals surface area contributed by atoms with Crippen LogP contribution < -0.4 is 33.2 Å². The summed E-state index contributed by atoms with van der Waals surface area (Å²) in [4.78, 5) is 39.2. The van der Waals surface area contributed by atoms with Crippen molar-refractivity contribution >= 4 is 23.7 Å². The van der Waals surface area contributed by atoms with Gasteiger partial charge in [0.05, 0.1) is 6.54 Å². The molecule has 2 atom stereocenters. The minimum Gasteiger partial charge on any atom is -0.370 e. The van der Waals surface area contributed by atoms with Gasteiger partial charge in [-0.2, -0.15) is 0 Å². The number of hydrogen-bond acceptors (Lipinski definition) is 5. The number of amides is 3. The van der Waals surface area contributed by atoms with Gasteiger partial charge in [-0.15, -0.1) is 0 Å². The topological polar surface area (TPSA) is 178 Å². The average molecular weight is 412 g/mol. The van der Waals surface area contributed by atoms with Crippen LogP contribution in [0.25, 0.3) is 0 Å². The second-order valence-corrected chi connectivity index (χ2v) is 7.74. The summed E-state index contributed by atoms with van der Waals surface area (Å²) in [5, 5.41) is 8.60. The van der Waals surface area contributed by atoms with Crippen LogP contribution in [0.1, 0.15) is 58.3 Å². The van der Waals surface area contributed by atoms with Crippen LogP contribution in [-0.2, 0) is 14.4 Å². The Kier molecular flexibility index (Phi) is 11.7. The highest BCUT2D eigenvalue weighted by molar-refractivity contribution is 5.87. The maximum Gasteiger partial charge on any atom is 0.240 e. The van der Waals surface area contributed by atoms with Crippen LogP contribution in [0.3, 0.4) is 0 Å². The van der Waals surface area contributed by atoms with Gasteiger partial charge in [-0.05, 0) is 25.2 Å². The van der Waals surface area contributed by atoms with Gasteiger partial charge in [0.2, 0.25) is 17.7 Å². The minimum atomic E-state index is -0.641. The van der Waals surface area contributed by atoms with Gasteiger partial charge < -0.3 is 33.2 Å². The predicted molar refractivity (Wildman–Crippen MR) is 113 cm³/mol. The third-order valence-corrected chi connectivity index (χ3v) is 5.06. The van der Waals surface area contributed by atoms with Crippen molar-refractivity contribution in [3.05, 3.63) is 0 Å². The predicted octanol–water partition coefficient (Wildman–Crippen LogP) is -0.925. The molecule has 1 rings (SSSR count). The molecule has 1 aliphatic rings. The van der Waals surface area contributed by atoms with Gasteiger partial charge >= 0.3 is 0 Å². The van der Waals surface area contributed by atoms with Crippen molar-refractivity contribution in [2.45, 2.75) is 70.4 Å². The third-order valence-electron chi connectivity index (χ3n) is 5.06. The van der Waals surface area contributed by atoms with E-state index in [4.69, 9.17) is 17.2 Å². The summed E-state index contributed by atoms with van der Waals surface area (Å²) >= 11 is 0. The molecular formula is C19H37N7O3. The lowest BCUT2D eigenvalue weighted by molar-refractivity contribution is -0.127. The number of primary amides is 1. The maximum atomic E-state index is 12.2. The van der Waals surface area contributed by atoms with E-state index in [0.29, 0.717) is 38.3 Å². The summed E-state index contributed by atoms with van der Waals surface area (Å²) in [6, 6.07) is -0.790. The highest BCUT2D eigenvalue weighted by Gasteiger charge is 2.24. The van der Waals surface area contributed by atoms with Gasteiger partial charge in [-0.3, -0.25) is 19.4 Å². The molecule has 0 spiro atoms.